The largest absolute Gasteiger partial charge is 0.465 e. The summed E-state index contributed by atoms with van der Waals surface area (Å²) in [5.74, 6) is -2.04. The normalized spacial score (nSPS) is 22.2. The highest BCUT2D eigenvalue weighted by atomic mass is 32.2. The number of carbonyl (C=O) groups is 1. The van der Waals surface area contributed by atoms with Gasteiger partial charge < -0.3 is 4.74 Å². The van der Waals surface area contributed by atoms with Crippen LogP contribution in [0.3, 0.4) is 0 Å². The molecule has 1 aliphatic carbocycles. The van der Waals surface area contributed by atoms with Gasteiger partial charge in [-0.3, -0.25) is 0 Å². The third kappa shape index (κ3) is 4.47. The van der Waals surface area contributed by atoms with E-state index < -0.39 is 34.1 Å². The van der Waals surface area contributed by atoms with Crippen LogP contribution >= 0.6 is 0 Å². The molecule has 0 heterocycles. The van der Waals surface area contributed by atoms with Gasteiger partial charge in [-0.25, -0.2) is 17.9 Å². The summed E-state index contributed by atoms with van der Waals surface area (Å²) in [7, 11) is -2.73. The molecule has 1 saturated carbocycles. The van der Waals surface area contributed by atoms with E-state index in [1.807, 2.05) is 0 Å². The monoisotopic (exact) mass is 365 g/mol. The predicted octanol–water partition coefficient (Wildman–Crippen LogP) is 2.87. The Hall–Kier alpha value is -1.61. The van der Waals surface area contributed by atoms with Crippen molar-refractivity contribution < 1.29 is 31.1 Å². The average Bonchev–Trinajstić information content (AvgIpc) is 2.53. The SMILES string of the molecule is COC(=O)c1cccc(S(=O)(=O)NC2CCC(C(F)(F)F)CC2)c1. The summed E-state index contributed by atoms with van der Waals surface area (Å²) >= 11 is 0. The lowest BCUT2D eigenvalue weighted by atomic mass is 9.86. The molecule has 1 aliphatic rings. The second-order valence-electron chi connectivity index (χ2n) is 5.73. The van der Waals surface area contributed by atoms with Gasteiger partial charge in [0.05, 0.1) is 23.5 Å². The zero-order valence-corrected chi connectivity index (χ0v) is 13.8. The molecule has 0 radical (unpaired) electrons. The number of hydrogen-bond acceptors (Lipinski definition) is 4. The molecule has 24 heavy (non-hydrogen) atoms. The summed E-state index contributed by atoms with van der Waals surface area (Å²) in [4.78, 5) is 11.3. The van der Waals surface area contributed by atoms with Gasteiger partial charge in [0.15, 0.2) is 0 Å². The first-order chi connectivity index (χ1) is 11.1. The van der Waals surface area contributed by atoms with Crippen molar-refractivity contribution >= 4 is 16.0 Å². The Bertz CT molecular complexity index is 695. The van der Waals surface area contributed by atoms with Gasteiger partial charge in [-0.2, -0.15) is 13.2 Å². The van der Waals surface area contributed by atoms with Crippen LogP contribution in [0.1, 0.15) is 36.0 Å². The van der Waals surface area contributed by atoms with E-state index in [4.69, 9.17) is 0 Å². The molecule has 134 valence electrons. The number of nitrogens with one attached hydrogen (secondary N) is 1. The summed E-state index contributed by atoms with van der Waals surface area (Å²) < 4.78 is 69.6. The van der Waals surface area contributed by atoms with Gasteiger partial charge in [0.25, 0.3) is 0 Å². The van der Waals surface area contributed by atoms with Crippen LogP contribution < -0.4 is 4.72 Å². The van der Waals surface area contributed by atoms with E-state index in [1.54, 1.807) is 0 Å². The fourth-order valence-electron chi connectivity index (χ4n) is 2.73. The Balaban J connectivity index is 2.06. The molecule has 0 amide bonds. The summed E-state index contributed by atoms with van der Waals surface area (Å²) in [6.45, 7) is 0. The summed E-state index contributed by atoms with van der Waals surface area (Å²) in [5.41, 5.74) is 0.0844. The highest BCUT2D eigenvalue weighted by molar-refractivity contribution is 7.89. The molecule has 0 aliphatic heterocycles. The Morgan fingerprint density at radius 1 is 1.21 bits per heavy atom. The van der Waals surface area contributed by atoms with Crippen LogP contribution in [0, 0.1) is 5.92 Å². The van der Waals surface area contributed by atoms with E-state index >= 15 is 0 Å². The molecule has 2 rings (SSSR count). The first-order valence-corrected chi connectivity index (χ1v) is 8.89. The average molecular weight is 365 g/mol. The van der Waals surface area contributed by atoms with E-state index in [0.717, 1.165) is 0 Å². The van der Waals surface area contributed by atoms with Crippen molar-refractivity contribution in [2.24, 2.45) is 5.92 Å². The third-order valence-corrected chi connectivity index (χ3v) is 5.60. The number of alkyl halides is 3. The standard InChI is InChI=1S/C15H18F3NO4S/c1-23-14(20)10-3-2-4-13(9-10)24(21,22)19-12-7-5-11(6-8-12)15(16,17)18/h2-4,9,11-12,19H,5-8H2,1H3. The van der Waals surface area contributed by atoms with Crippen LogP contribution in [0.5, 0.6) is 0 Å². The highest BCUT2D eigenvalue weighted by Gasteiger charge is 2.41. The van der Waals surface area contributed by atoms with E-state index in [0.29, 0.717) is 0 Å². The first kappa shape index (κ1) is 18.7. The fraction of sp³-hybridized carbons (Fsp3) is 0.533. The van der Waals surface area contributed by atoms with Crippen molar-refractivity contribution in [1.29, 1.82) is 0 Å². The van der Waals surface area contributed by atoms with E-state index in [-0.39, 0.29) is 36.1 Å². The minimum absolute atomic E-state index is 0.0844. The van der Waals surface area contributed by atoms with Crippen molar-refractivity contribution in [3.8, 4) is 0 Å². The zero-order valence-electron chi connectivity index (χ0n) is 13.0. The van der Waals surface area contributed by atoms with Crippen LogP contribution in [0.25, 0.3) is 0 Å². The van der Waals surface area contributed by atoms with Crippen LogP contribution in [0.4, 0.5) is 13.2 Å². The topological polar surface area (TPSA) is 72.5 Å². The number of sulfonamides is 1. The smallest absolute Gasteiger partial charge is 0.391 e. The van der Waals surface area contributed by atoms with Crippen molar-refractivity contribution in [2.75, 3.05) is 7.11 Å². The lowest BCUT2D eigenvalue weighted by Crippen LogP contribution is -2.40. The second kappa shape index (κ2) is 7.10. The molecule has 9 heteroatoms. The number of esters is 1. The molecule has 0 spiro atoms. The number of ether oxygens (including phenoxy) is 1. The third-order valence-electron chi connectivity index (χ3n) is 4.08. The Kier molecular flexibility index (Phi) is 5.54. The van der Waals surface area contributed by atoms with Gasteiger partial charge >= 0.3 is 12.1 Å². The number of carbonyl (C=O) groups excluding carboxylic acids is 1. The number of benzene rings is 1. The molecule has 5 nitrogen and oxygen atoms in total. The van der Waals surface area contributed by atoms with Gasteiger partial charge in [0.2, 0.25) is 10.0 Å². The van der Waals surface area contributed by atoms with Gasteiger partial charge in [0, 0.05) is 6.04 Å². The Morgan fingerprint density at radius 2 is 1.83 bits per heavy atom. The molecule has 0 aromatic heterocycles. The molecular formula is C15H18F3NO4S. The molecular weight excluding hydrogens is 347 g/mol. The number of hydrogen-bond donors (Lipinski definition) is 1. The van der Waals surface area contributed by atoms with E-state index in [9.17, 15) is 26.4 Å². The zero-order chi connectivity index (χ0) is 18.0. The minimum atomic E-state index is -4.24. The predicted molar refractivity (Wildman–Crippen MR) is 79.9 cm³/mol. The second-order valence-corrected chi connectivity index (χ2v) is 7.44. The number of halogens is 3. The molecule has 0 unspecified atom stereocenters. The summed E-state index contributed by atoms with van der Waals surface area (Å²) in [6, 6.07) is 4.77. The Labute approximate surface area is 138 Å². The van der Waals surface area contributed by atoms with Crippen LogP contribution in [-0.2, 0) is 14.8 Å². The van der Waals surface area contributed by atoms with Crippen molar-refractivity contribution in [2.45, 2.75) is 42.8 Å². The van der Waals surface area contributed by atoms with Gasteiger partial charge in [-0.05, 0) is 43.9 Å². The maximum atomic E-state index is 12.6. The number of rotatable bonds is 4. The van der Waals surface area contributed by atoms with E-state index in [1.165, 1.54) is 31.4 Å². The minimum Gasteiger partial charge on any atom is -0.465 e. The van der Waals surface area contributed by atoms with Crippen LogP contribution in [0.2, 0.25) is 0 Å². The lowest BCUT2D eigenvalue weighted by molar-refractivity contribution is -0.182. The molecule has 1 aromatic carbocycles. The maximum Gasteiger partial charge on any atom is 0.391 e. The maximum absolute atomic E-state index is 12.6. The molecule has 1 fully saturated rings. The highest BCUT2D eigenvalue weighted by Crippen LogP contribution is 2.37. The van der Waals surface area contributed by atoms with E-state index in [2.05, 4.69) is 9.46 Å². The van der Waals surface area contributed by atoms with Gasteiger partial charge in [-0.1, -0.05) is 6.07 Å². The first-order valence-electron chi connectivity index (χ1n) is 7.41. The quantitative estimate of drug-likeness (QED) is 0.833. The molecule has 0 atom stereocenters. The van der Waals surface area contributed by atoms with Gasteiger partial charge in [-0.15, -0.1) is 0 Å². The van der Waals surface area contributed by atoms with Crippen LogP contribution in [-0.4, -0.2) is 33.7 Å². The number of methoxy groups -OCH3 is 1. The lowest BCUT2D eigenvalue weighted by Gasteiger charge is -2.30. The summed E-state index contributed by atoms with van der Waals surface area (Å²) in [5, 5.41) is 0. The van der Waals surface area contributed by atoms with Gasteiger partial charge in [0.1, 0.15) is 0 Å². The van der Waals surface area contributed by atoms with Crippen molar-refractivity contribution in [3.63, 3.8) is 0 Å². The molecule has 1 N–H and O–H groups in total. The van der Waals surface area contributed by atoms with Crippen molar-refractivity contribution in [3.05, 3.63) is 29.8 Å². The molecule has 0 bridgehead atoms. The molecule has 1 aromatic rings. The van der Waals surface area contributed by atoms with Crippen molar-refractivity contribution in [1.82, 2.24) is 4.72 Å². The summed E-state index contributed by atoms with van der Waals surface area (Å²) in [6.07, 6.45) is -4.18. The van der Waals surface area contributed by atoms with Crippen LogP contribution in [0.15, 0.2) is 29.2 Å². The molecule has 0 saturated heterocycles. The fourth-order valence-corrected chi connectivity index (χ4v) is 4.08. The Morgan fingerprint density at radius 3 is 2.38 bits per heavy atom.